The van der Waals surface area contributed by atoms with E-state index < -0.39 is 16.3 Å². The van der Waals surface area contributed by atoms with Gasteiger partial charge in [0.15, 0.2) is 0 Å². The van der Waals surface area contributed by atoms with Crippen LogP contribution >= 0.6 is 15.9 Å². The molecule has 0 amide bonds. The van der Waals surface area contributed by atoms with Crippen molar-refractivity contribution in [1.29, 1.82) is 0 Å². The maximum absolute atomic E-state index is 16.2. The molecule has 0 saturated heterocycles. The van der Waals surface area contributed by atoms with Crippen LogP contribution in [0.15, 0.2) is 30.3 Å². The largest absolute Gasteiger partial charge is 0.385 e. The second-order valence-electron chi connectivity index (χ2n) is 6.96. The van der Waals surface area contributed by atoms with Gasteiger partial charge in [0, 0.05) is 13.0 Å². The van der Waals surface area contributed by atoms with Crippen molar-refractivity contribution in [2.45, 2.75) is 68.7 Å². The van der Waals surface area contributed by atoms with Crippen molar-refractivity contribution in [2.24, 2.45) is 0 Å². The van der Waals surface area contributed by atoms with E-state index in [1.54, 1.807) is 7.11 Å². The lowest BCUT2D eigenvalue weighted by Crippen LogP contribution is -2.56. The maximum atomic E-state index is 16.2. The van der Waals surface area contributed by atoms with Crippen molar-refractivity contribution in [3.8, 4) is 0 Å². The normalized spacial score (nSPS) is 16.7. The Hall–Kier alpha value is -0.530. The number of alkyl halides is 2. The first-order chi connectivity index (χ1) is 12.8. The molecule has 1 aromatic carbocycles. The molecule has 6 heteroatoms. The third kappa shape index (κ3) is 6.79. The van der Waals surface area contributed by atoms with Crippen molar-refractivity contribution in [3.63, 3.8) is 0 Å². The minimum absolute atomic E-state index is 0.0726. The zero-order valence-corrected chi connectivity index (χ0v) is 18.5. The molecule has 0 aliphatic rings. The van der Waals surface area contributed by atoms with Crippen LogP contribution in [-0.4, -0.2) is 48.5 Å². The topological polar surface area (TPSA) is 47.9 Å². The minimum atomic E-state index is -2.12. The molecule has 0 aliphatic carbocycles. The van der Waals surface area contributed by atoms with E-state index in [1.807, 2.05) is 51.1 Å². The van der Waals surface area contributed by atoms with Crippen LogP contribution in [-0.2, 0) is 14.2 Å². The smallest absolute Gasteiger partial charge is 0.219 e. The van der Waals surface area contributed by atoms with Crippen molar-refractivity contribution >= 4 is 15.9 Å². The van der Waals surface area contributed by atoms with Crippen LogP contribution in [0.25, 0.3) is 0 Å². The molecule has 0 spiro atoms. The van der Waals surface area contributed by atoms with E-state index >= 15 is 4.39 Å². The van der Waals surface area contributed by atoms with Gasteiger partial charge in [-0.2, -0.15) is 0 Å². The molecular formula is C21H34BrFO4. The average molecular weight is 449 g/mol. The van der Waals surface area contributed by atoms with Gasteiger partial charge in [0.1, 0.15) is 18.5 Å². The highest BCUT2D eigenvalue weighted by atomic mass is 79.9. The number of aliphatic hydroxyl groups is 1. The van der Waals surface area contributed by atoms with E-state index in [1.165, 1.54) is 0 Å². The van der Waals surface area contributed by atoms with Crippen molar-refractivity contribution < 1.29 is 23.7 Å². The lowest BCUT2D eigenvalue weighted by molar-refractivity contribution is -0.174. The first kappa shape index (κ1) is 24.5. The van der Waals surface area contributed by atoms with Gasteiger partial charge in [-0.3, -0.25) is 0 Å². The maximum Gasteiger partial charge on any atom is 0.219 e. The number of ether oxygens (including phenoxy) is 3. The molecule has 3 atom stereocenters. The van der Waals surface area contributed by atoms with Gasteiger partial charge in [-0.25, -0.2) is 4.39 Å². The van der Waals surface area contributed by atoms with Crippen LogP contribution < -0.4 is 0 Å². The van der Waals surface area contributed by atoms with Crippen LogP contribution in [0, 0.1) is 0 Å². The number of rotatable bonds is 14. The molecule has 0 fully saturated rings. The second-order valence-corrected chi connectivity index (χ2v) is 8.11. The quantitative estimate of drug-likeness (QED) is 0.241. The zero-order chi connectivity index (χ0) is 20.3. The summed E-state index contributed by atoms with van der Waals surface area (Å²) >= 11 is 3.23. The van der Waals surface area contributed by atoms with E-state index in [9.17, 15) is 5.11 Å². The number of hydrogen-bond donors (Lipinski definition) is 1. The molecule has 27 heavy (non-hydrogen) atoms. The first-order valence-electron chi connectivity index (χ1n) is 9.67. The van der Waals surface area contributed by atoms with Gasteiger partial charge in [-0.15, -0.1) is 0 Å². The predicted molar refractivity (Wildman–Crippen MR) is 110 cm³/mol. The zero-order valence-electron chi connectivity index (χ0n) is 16.9. The molecule has 0 aliphatic heterocycles. The van der Waals surface area contributed by atoms with E-state index in [2.05, 4.69) is 15.9 Å². The van der Waals surface area contributed by atoms with Crippen LogP contribution in [0.1, 0.15) is 57.9 Å². The number of benzene rings is 1. The van der Waals surface area contributed by atoms with E-state index in [4.69, 9.17) is 14.2 Å². The summed E-state index contributed by atoms with van der Waals surface area (Å²) in [5.74, 6) is -0.290. The van der Waals surface area contributed by atoms with Crippen molar-refractivity contribution in [3.05, 3.63) is 35.9 Å². The van der Waals surface area contributed by atoms with Gasteiger partial charge in [-0.1, -0.05) is 63.9 Å². The SMILES string of the molecule is CCCC(O)(CCC)[C@](F)(Br)[C@@H](OCOCCOC)[C@H](C)c1ccccc1. The minimum Gasteiger partial charge on any atom is -0.385 e. The Labute approximate surface area is 171 Å². The Morgan fingerprint density at radius 1 is 1.11 bits per heavy atom. The molecule has 1 N–H and O–H groups in total. The van der Waals surface area contributed by atoms with Gasteiger partial charge in [-0.05, 0) is 34.3 Å². The summed E-state index contributed by atoms with van der Waals surface area (Å²) in [6, 6.07) is 9.62. The summed E-state index contributed by atoms with van der Waals surface area (Å²) in [6.45, 7) is 6.51. The standard InChI is InChI=1S/C21H34BrFO4/c1-5-12-20(24,13-6-2)21(22,23)19(27-16-26-15-14-25-4)17(3)18-10-8-7-9-11-18/h7-11,17,19,24H,5-6,12-16H2,1-4H3/t17-,19+,21+/m1/s1. The lowest BCUT2D eigenvalue weighted by atomic mass is 9.80. The molecule has 0 radical (unpaired) electrons. The van der Waals surface area contributed by atoms with E-state index in [-0.39, 0.29) is 12.7 Å². The Morgan fingerprint density at radius 2 is 1.70 bits per heavy atom. The Bertz CT molecular complexity index is 506. The van der Waals surface area contributed by atoms with Gasteiger partial charge in [0.25, 0.3) is 0 Å². The van der Waals surface area contributed by atoms with E-state index in [0.29, 0.717) is 38.9 Å². The molecule has 1 rings (SSSR count). The summed E-state index contributed by atoms with van der Waals surface area (Å²) in [5, 5.41) is 11.2. The molecule has 1 aromatic rings. The van der Waals surface area contributed by atoms with Crippen molar-refractivity contribution in [1.82, 2.24) is 0 Å². The fourth-order valence-electron chi connectivity index (χ4n) is 3.37. The highest BCUT2D eigenvalue weighted by Gasteiger charge is 2.56. The van der Waals surface area contributed by atoms with Gasteiger partial charge in [0.2, 0.25) is 4.58 Å². The van der Waals surface area contributed by atoms with Gasteiger partial charge < -0.3 is 19.3 Å². The van der Waals surface area contributed by atoms with Gasteiger partial charge in [0.05, 0.1) is 13.2 Å². The second kappa shape index (κ2) is 12.1. The van der Waals surface area contributed by atoms with Crippen LogP contribution in [0.5, 0.6) is 0 Å². The van der Waals surface area contributed by atoms with Crippen LogP contribution in [0.3, 0.4) is 0 Å². The summed E-state index contributed by atoms with van der Waals surface area (Å²) in [7, 11) is 1.59. The fraction of sp³-hybridized carbons (Fsp3) is 0.714. The third-order valence-electron chi connectivity index (χ3n) is 4.85. The predicted octanol–water partition coefficient (Wildman–Crippen LogP) is 5.19. The molecule has 4 nitrogen and oxygen atoms in total. The summed E-state index contributed by atoms with van der Waals surface area (Å²) < 4.78 is 30.2. The van der Waals surface area contributed by atoms with Gasteiger partial charge >= 0.3 is 0 Å². The number of halogens is 2. The summed E-state index contributed by atoms with van der Waals surface area (Å²) in [4.78, 5) is 0. The molecule has 0 heterocycles. The summed E-state index contributed by atoms with van der Waals surface area (Å²) in [5.41, 5.74) is -0.590. The van der Waals surface area contributed by atoms with E-state index in [0.717, 1.165) is 5.56 Å². The van der Waals surface area contributed by atoms with Crippen molar-refractivity contribution in [2.75, 3.05) is 27.1 Å². The number of methoxy groups -OCH3 is 1. The fourth-order valence-corrected chi connectivity index (χ4v) is 4.29. The Kier molecular flexibility index (Phi) is 11.0. The Morgan fingerprint density at radius 3 is 2.22 bits per heavy atom. The highest BCUT2D eigenvalue weighted by molar-refractivity contribution is 9.10. The summed E-state index contributed by atoms with van der Waals surface area (Å²) in [6.07, 6.45) is 1.10. The lowest BCUT2D eigenvalue weighted by Gasteiger charge is -2.44. The monoisotopic (exact) mass is 448 g/mol. The first-order valence-corrected chi connectivity index (χ1v) is 10.5. The number of hydrogen-bond acceptors (Lipinski definition) is 4. The molecule has 0 saturated carbocycles. The highest BCUT2D eigenvalue weighted by Crippen LogP contribution is 2.47. The average Bonchev–Trinajstić information content (AvgIpc) is 2.65. The molecule has 0 aromatic heterocycles. The molecule has 0 bridgehead atoms. The van der Waals surface area contributed by atoms with Crippen LogP contribution in [0.4, 0.5) is 4.39 Å². The molecule has 0 unspecified atom stereocenters. The third-order valence-corrected chi connectivity index (χ3v) is 6.04. The molecular weight excluding hydrogens is 415 g/mol. The molecule has 156 valence electrons. The Balaban J connectivity index is 3.09. The van der Waals surface area contributed by atoms with Crippen LogP contribution in [0.2, 0.25) is 0 Å².